The molecular formula is C18H27ClIN5. The molecule has 0 unspecified atom stereocenters. The standard InChI is InChI=1S/C18H26ClN5.HI/c1-15-21-12-14-24(15)13-4-3-10-22-18(20-2)23-11-9-16-5-7-17(19)8-6-16;/h5-8,12,14H,3-4,9-11,13H2,1-2H3,(H2,20,22,23);1H. The average Bonchev–Trinajstić information content (AvgIpc) is 3.00. The van der Waals surface area contributed by atoms with Crippen LogP contribution in [0.4, 0.5) is 0 Å². The van der Waals surface area contributed by atoms with Gasteiger partial charge in [-0.3, -0.25) is 4.99 Å². The maximum absolute atomic E-state index is 5.89. The van der Waals surface area contributed by atoms with E-state index in [0.29, 0.717) is 0 Å². The van der Waals surface area contributed by atoms with Gasteiger partial charge in [-0.25, -0.2) is 4.98 Å². The van der Waals surface area contributed by atoms with Crippen molar-refractivity contribution >= 4 is 41.5 Å². The monoisotopic (exact) mass is 475 g/mol. The van der Waals surface area contributed by atoms with Gasteiger partial charge in [0.25, 0.3) is 0 Å². The molecule has 0 fully saturated rings. The van der Waals surface area contributed by atoms with E-state index in [2.05, 4.69) is 37.3 Å². The summed E-state index contributed by atoms with van der Waals surface area (Å²) in [5.41, 5.74) is 1.26. The summed E-state index contributed by atoms with van der Waals surface area (Å²) in [7, 11) is 1.80. The molecule has 0 spiro atoms. The lowest BCUT2D eigenvalue weighted by atomic mass is 10.1. The fourth-order valence-electron chi connectivity index (χ4n) is 2.45. The Hall–Kier alpha value is -1.28. The van der Waals surface area contributed by atoms with Gasteiger partial charge < -0.3 is 15.2 Å². The van der Waals surface area contributed by atoms with Gasteiger partial charge in [0.1, 0.15) is 5.82 Å². The molecule has 7 heteroatoms. The third-order valence-corrected chi connectivity index (χ3v) is 4.14. The van der Waals surface area contributed by atoms with Crippen LogP contribution in [0.1, 0.15) is 24.2 Å². The van der Waals surface area contributed by atoms with Crippen LogP contribution in [0.5, 0.6) is 0 Å². The van der Waals surface area contributed by atoms with Crippen LogP contribution in [-0.4, -0.2) is 35.6 Å². The first-order valence-corrected chi connectivity index (χ1v) is 8.73. The lowest BCUT2D eigenvalue weighted by Crippen LogP contribution is -2.38. The second-order valence-electron chi connectivity index (χ2n) is 5.68. The highest BCUT2D eigenvalue weighted by Crippen LogP contribution is 2.09. The van der Waals surface area contributed by atoms with Crippen LogP contribution in [0.3, 0.4) is 0 Å². The lowest BCUT2D eigenvalue weighted by molar-refractivity contribution is 0.588. The van der Waals surface area contributed by atoms with Crippen molar-refractivity contribution in [3.05, 3.63) is 53.1 Å². The van der Waals surface area contributed by atoms with Crippen molar-refractivity contribution in [2.24, 2.45) is 4.99 Å². The summed E-state index contributed by atoms with van der Waals surface area (Å²) < 4.78 is 2.18. The van der Waals surface area contributed by atoms with Crippen molar-refractivity contribution in [1.29, 1.82) is 0 Å². The minimum Gasteiger partial charge on any atom is -0.356 e. The molecule has 5 nitrogen and oxygen atoms in total. The van der Waals surface area contributed by atoms with E-state index in [1.807, 2.05) is 31.5 Å². The molecule has 2 aromatic rings. The van der Waals surface area contributed by atoms with Gasteiger partial charge in [-0.1, -0.05) is 23.7 Å². The van der Waals surface area contributed by atoms with Crippen molar-refractivity contribution in [2.75, 3.05) is 20.1 Å². The fraction of sp³-hybridized carbons (Fsp3) is 0.444. The number of rotatable bonds is 8. The molecule has 1 heterocycles. The molecule has 0 radical (unpaired) electrons. The van der Waals surface area contributed by atoms with Crippen molar-refractivity contribution in [3.63, 3.8) is 0 Å². The van der Waals surface area contributed by atoms with E-state index < -0.39 is 0 Å². The van der Waals surface area contributed by atoms with Crippen LogP contribution < -0.4 is 10.6 Å². The van der Waals surface area contributed by atoms with Crippen LogP contribution >= 0.6 is 35.6 Å². The van der Waals surface area contributed by atoms with E-state index in [0.717, 1.165) is 55.7 Å². The molecule has 0 aliphatic carbocycles. The zero-order valence-electron chi connectivity index (χ0n) is 14.8. The third-order valence-electron chi connectivity index (χ3n) is 3.88. The SMILES string of the molecule is CN=C(NCCCCn1ccnc1C)NCCc1ccc(Cl)cc1.I. The molecule has 25 heavy (non-hydrogen) atoms. The molecule has 138 valence electrons. The van der Waals surface area contributed by atoms with E-state index >= 15 is 0 Å². The molecular weight excluding hydrogens is 449 g/mol. The second kappa shape index (κ2) is 12.1. The zero-order chi connectivity index (χ0) is 17.2. The maximum Gasteiger partial charge on any atom is 0.190 e. The number of aromatic nitrogens is 2. The number of halogens is 2. The number of hydrogen-bond donors (Lipinski definition) is 2. The average molecular weight is 476 g/mol. The molecule has 0 saturated carbocycles. The lowest BCUT2D eigenvalue weighted by Gasteiger charge is -2.12. The Balaban J connectivity index is 0.00000312. The van der Waals surface area contributed by atoms with Gasteiger partial charge in [0, 0.05) is 44.1 Å². The molecule has 0 aliphatic heterocycles. The number of nitrogens with zero attached hydrogens (tertiary/aromatic N) is 3. The van der Waals surface area contributed by atoms with Crippen LogP contribution in [-0.2, 0) is 13.0 Å². The van der Waals surface area contributed by atoms with E-state index in [1.165, 1.54) is 5.56 Å². The largest absolute Gasteiger partial charge is 0.356 e. The second-order valence-corrected chi connectivity index (χ2v) is 6.11. The molecule has 0 atom stereocenters. The number of benzene rings is 1. The van der Waals surface area contributed by atoms with E-state index in [1.54, 1.807) is 7.05 Å². The number of unbranched alkanes of at least 4 members (excludes halogenated alkanes) is 1. The van der Waals surface area contributed by atoms with E-state index in [-0.39, 0.29) is 24.0 Å². The topological polar surface area (TPSA) is 54.2 Å². The van der Waals surface area contributed by atoms with Gasteiger partial charge in [0.05, 0.1) is 0 Å². The minimum absolute atomic E-state index is 0. The first-order valence-electron chi connectivity index (χ1n) is 8.36. The minimum atomic E-state index is 0. The molecule has 1 aromatic carbocycles. The van der Waals surface area contributed by atoms with Crippen LogP contribution in [0.2, 0.25) is 5.02 Å². The molecule has 2 N–H and O–H groups in total. The Kier molecular flexibility index (Phi) is 10.6. The number of guanidine groups is 1. The van der Waals surface area contributed by atoms with Gasteiger partial charge in [-0.05, 0) is 43.9 Å². The number of nitrogens with one attached hydrogen (secondary N) is 2. The highest BCUT2D eigenvalue weighted by Gasteiger charge is 1.99. The Morgan fingerprint density at radius 2 is 1.88 bits per heavy atom. The first-order chi connectivity index (χ1) is 11.7. The molecule has 0 saturated heterocycles. The first kappa shape index (κ1) is 21.8. The van der Waals surface area contributed by atoms with Gasteiger partial charge in [0.2, 0.25) is 0 Å². The van der Waals surface area contributed by atoms with Crippen LogP contribution in [0.15, 0.2) is 41.7 Å². The highest BCUT2D eigenvalue weighted by atomic mass is 127. The Morgan fingerprint density at radius 1 is 1.16 bits per heavy atom. The van der Waals surface area contributed by atoms with Gasteiger partial charge in [-0.15, -0.1) is 24.0 Å². The predicted octanol–water partition coefficient (Wildman–Crippen LogP) is 3.65. The third kappa shape index (κ3) is 8.09. The van der Waals surface area contributed by atoms with Gasteiger partial charge in [-0.2, -0.15) is 0 Å². The summed E-state index contributed by atoms with van der Waals surface area (Å²) in [4.78, 5) is 8.48. The predicted molar refractivity (Wildman–Crippen MR) is 116 cm³/mol. The number of aryl methyl sites for hydroxylation is 2. The number of hydrogen-bond acceptors (Lipinski definition) is 2. The fourth-order valence-corrected chi connectivity index (χ4v) is 2.58. The quantitative estimate of drug-likeness (QED) is 0.265. The van der Waals surface area contributed by atoms with E-state index in [4.69, 9.17) is 11.6 Å². The van der Waals surface area contributed by atoms with Gasteiger partial charge >= 0.3 is 0 Å². The van der Waals surface area contributed by atoms with Crippen molar-refractivity contribution in [2.45, 2.75) is 32.7 Å². The van der Waals surface area contributed by atoms with Crippen LogP contribution in [0.25, 0.3) is 0 Å². The molecule has 0 bridgehead atoms. The Bertz CT molecular complexity index is 639. The Morgan fingerprint density at radius 3 is 2.52 bits per heavy atom. The molecule has 0 aliphatic rings. The normalized spacial score (nSPS) is 11.1. The summed E-state index contributed by atoms with van der Waals surface area (Å²) in [6.45, 7) is 4.80. The zero-order valence-corrected chi connectivity index (χ0v) is 17.9. The summed E-state index contributed by atoms with van der Waals surface area (Å²) >= 11 is 5.89. The summed E-state index contributed by atoms with van der Waals surface area (Å²) in [5, 5.41) is 7.46. The molecule has 2 rings (SSSR count). The number of aliphatic imine (C=N–C) groups is 1. The van der Waals surface area contributed by atoms with Crippen molar-refractivity contribution in [3.8, 4) is 0 Å². The smallest absolute Gasteiger partial charge is 0.190 e. The van der Waals surface area contributed by atoms with Crippen molar-refractivity contribution < 1.29 is 0 Å². The van der Waals surface area contributed by atoms with Crippen molar-refractivity contribution in [1.82, 2.24) is 20.2 Å². The summed E-state index contributed by atoms with van der Waals surface area (Å²) in [5.74, 6) is 1.92. The Labute approximate surface area is 172 Å². The summed E-state index contributed by atoms with van der Waals surface area (Å²) in [6.07, 6.45) is 7.03. The number of imidazole rings is 1. The molecule has 1 aromatic heterocycles. The highest BCUT2D eigenvalue weighted by molar-refractivity contribution is 14.0. The van der Waals surface area contributed by atoms with Gasteiger partial charge in [0.15, 0.2) is 5.96 Å². The summed E-state index contributed by atoms with van der Waals surface area (Å²) in [6, 6.07) is 7.95. The van der Waals surface area contributed by atoms with Crippen LogP contribution in [0, 0.1) is 6.92 Å². The molecule has 0 amide bonds. The maximum atomic E-state index is 5.89. The van der Waals surface area contributed by atoms with E-state index in [9.17, 15) is 0 Å².